The monoisotopic (exact) mass is 460 g/mol. The van der Waals surface area contributed by atoms with E-state index < -0.39 is 0 Å². The number of hydrazone groups is 1. The van der Waals surface area contributed by atoms with Crippen LogP contribution >= 0.6 is 0 Å². The first-order valence-corrected chi connectivity index (χ1v) is 11.0. The number of hydrogen-bond acceptors (Lipinski definition) is 5. The second-order valence-electron chi connectivity index (χ2n) is 8.14. The molecule has 0 radical (unpaired) electrons. The quantitative estimate of drug-likeness (QED) is 0.541. The van der Waals surface area contributed by atoms with Crippen LogP contribution in [0.25, 0.3) is 0 Å². The number of methoxy groups -OCH3 is 2. The van der Waals surface area contributed by atoms with Crippen molar-refractivity contribution in [1.82, 2.24) is 14.5 Å². The van der Waals surface area contributed by atoms with Gasteiger partial charge in [-0.3, -0.25) is 9.59 Å². The summed E-state index contributed by atoms with van der Waals surface area (Å²) < 4.78 is 12.7. The van der Waals surface area contributed by atoms with Gasteiger partial charge in [-0.05, 0) is 42.5 Å². The molecule has 1 atom stereocenters. The van der Waals surface area contributed by atoms with Crippen molar-refractivity contribution in [3.05, 3.63) is 83.7 Å². The van der Waals surface area contributed by atoms with Crippen LogP contribution in [0.5, 0.6) is 11.5 Å². The van der Waals surface area contributed by atoms with Crippen molar-refractivity contribution in [3.8, 4) is 11.5 Å². The molecule has 1 unspecified atom stereocenters. The summed E-state index contributed by atoms with van der Waals surface area (Å²) in [6.45, 7) is -0.111. The summed E-state index contributed by atoms with van der Waals surface area (Å²) in [5, 5.41) is 6.19. The number of aromatic nitrogens is 1. The first-order valence-electron chi connectivity index (χ1n) is 11.0. The summed E-state index contributed by atoms with van der Waals surface area (Å²) in [5.74, 6) is 0.825. The first kappa shape index (κ1) is 23.1. The molecule has 0 saturated carbocycles. The molecule has 2 heterocycles. The Hall–Kier alpha value is -4.07. The lowest BCUT2D eigenvalue weighted by Crippen LogP contribution is -2.39. The predicted octanol–water partition coefficient (Wildman–Crippen LogP) is 3.49. The Labute approximate surface area is 199 Å². The van der Waals surface area contributed by atoms with Gasteiger partial charge in [0.2, 0.25) is 0 Å². The van der Waals surface area contributed by atoms with Crippen LogP contribution in [0.2, 0.25) is 0 Å². The molecule has 8 nitrogen and oxygen atoms in total. The highest BCUT2D eigenvalue weighted by Gasteiger charge is 2.36. The number of aryl methyl sites for hydroxylation is 1. The Kier molecular flexibility index (Phi) is 6.67. The first-order chi connectivity index (χ1) is 16.4. The molecule has 34 heavy (non-hydrogen) atoms. The summed E-state index contributed by atoms with van der Waals surface area (Å²) >= 11 is 0. The van der Waals surface area contributed by atoms with E-state index in [9.17, 15) is 9.59 Å². The van der Waals surface area contributed by atoms with Crippen LogP contribution in [0.4, 0.5) is 0 Å². The summed E-state index contributed by atoms with van der Waals surface area (Å²) in [5.41, 5.74) is 3.10. The number of ether oxygens (including phenoxy) is 2. The largest absolute Gasteiger partial charge is 0.497 e. The lowest BCUT2D eigenvalue weighted by Gasteiger charge is -2.26. The number of hydrogen-bond donors (Lipinski definition) is 0. The number of para-hydroxylation sites is 1. The molecule has 0 spiro atoms. The third-order valence-corrected chi connectivity index (χ3v) is 5.96. The molecule has 2 amide bonds. The third-order valence-electron chi connectivity index (χ3n) is 5.96. The van der Waals surface area contributed by atoms with Gasteiger partial charge in [0.15, 0.2) is 0 Å². The lowest BCUT2D eigenvalue weighted by molar-refractivity contribution is -0.133. The van der Waals surface area contributed by atoms with E-state index in [-0.39, 0.29) is 24.4 Å². The maximum atomic E-state index is 13.4. The van der Waals surface area contributed by atoms with Crippen LogP contribution in [0.15, 0.2) is 72.0 Å². The highest BCUT2D eigenvalue weighted by atomic mass is 16.5. The average molecular weight is 461 g/mol. The van der Waals surface area contributed by atoms with E-state index >= 15 is 0 Å². The highest BCUT2D eigenvalue weighted by Crippen LogP contribution is 2.37. The summed E-state index contributed by atoms with van der Waals surface area (Å²) in [4.78, 5) is 27.7. The molecule has 0 aliphatic carbocycles. The minimum Gasteiger partial charge on any atom is -0.497 e. The minimum atomic E-state index is -0.335. The SMILES string of the molecule is COc1ccc(C(=O)N(C)CC(=O)N2N=C(c3cccn3C)CC2c2ccccc2OC)cc1. The lowest BCUT2D eigenvalue weighted by atomic mass is 9.99. The summed E-state index contributed by atoms with van der Waals surface area (Å²) in [6.07, 6.45) is 2.49. The van der Waals surface area contributed by atoms with Gasteiger partial charge in [-0.1, -0.05) is 18.2 Å². The van der Waals surface area contributed by atoms with Crippen molar-refractivity contribution >= 4 is 17.5 Å². The Bertz CT molecular complexity index is 1220. The normalized spacial score (nSPS) is 15.1. The number of rotatable bonds is 7. The van der Waals surface area contributed by atoms with Crippen LogP contribution in [0, 0.1) is 0 Å². The number of benzene rings is 2. The maximum Gasteiger partial charge on any atom is 0.262 e. The van der Waals surface area contributed by atoms with E-state index in [1.54, 1.807) is 45.5 Å². The molecular weight excluding hydrogens is 432 g/mol. The van der Waals surface area contributed by atoms with E-state index in [1.807, 2.05) is 54.2 Å². The highest BCUT2D eigenvalue weighted by molar-refractivity contribution is 6.03. The van der Waals surface area contributed by atoms with Crippen LogP contribution in [-0.2, 0) is 11.8 Å². The van der Waals surface area contributed by atoms with Crippen LogP contribution in [0.1, 0.15) is 34.1 Å². The van der Waals surface area contributed by atoms with Crippen LogP contribution in [-0.4, -0.2) is 59.8 Å². The maximum absolute atomic E-state index is 13.4. The van der Waals surface area contributed by atoms with E-state index in [4.69, 9.17) is 14.6 Å². The van der Waals surface area contributed by atoms with Crippen LogP contribution in [0.3, 0.4) is 0 Å². The van der Waals surface area contributed by atoms with Gasteiger partial charge in [0, 0.05) is 37.8 Å². The van der Waals surface area contributed by atoms with Gasteiger partial charge in [0.05, 0.1) is 31.7 Å². The Morgan fingerprint density at radius 2 is 1.76 bits per heavy atom. The van der Waals surface area contributed by atoms with Crippen LogP contribution < -0.4 is 9.47 Å². The average Bonchev–Trinajstić information content (AvgIpc) is 3.49. The number of nitrogens with zero attached hydrogens (tertiary/aromatic N) is 4. The van der Waals surface area contributed by atoms with Gasteiger partial charge in [0.25, 0.3) is 11.8 Å². The van der Waals surface area contributed by atoms with Crippen molar-refractivity contribution in [2.24, 2.45) is 12.1 Å². The fourth-order valence-corrected chi connectivity index (χ4v) is 4.14. The summed E-state index contributed by atoms with van der Waals surface area (Å²) in [7, 11) is 6.74. The second-order valence-corrected chi connectivity index (χ2v) is 8.14. The predicted molar refractivity (Wildman–Crippen MR) is 129 cm³/mol. The topological polar surface area (TPSA) is 76.4 Å². The molecule has 0 saturated heterocycles. The molecule has 1 aromatic heterocycles. The van der Waals surface area contributed by atoms with Crippen molar-refractivity contribution in [2.45, 2.75) is 12.5 Å². The second kappa shape index (κ2) is 9.82. The van der Waals surface area contributed by atoms with Crippen molar-refractivity contribution < 1.29 is 19.1 Å². The number of amides is 2. The smallest absolute Gasteiger partial charge is 0.262 e. The Morgan fingerprint density at radius 1 is 1.03 bits per heavy atom. The zero-order valence-electron chi connectivity index (χ0n) is 19.8. The van der Waals surface area contributed by atoms with E-state index in [0.29, 0.717) is 23.5 Å². The molecular formula is C26H28N4O4. The standard InChI is InChI=1S/C26H28N4O4/c1-28-15-7-9-22(28)21-16-23(20-8-5-6-10-24(20)34-4)30(27-21)25(31)17-29(2)26(32)18-11-13-19(33-3)14-12-18/h5-15,23H,16-17H2,1-4H3. The van der Waals surface area contributed by atoms with Crippen molar-refractivity contribution in [3.63, 3.8) is 0 Å². The van der Waals surface area contributed by atoms with Gasteiger partial charge in [0.1, 0.15) is 18.0 Å². The zero-order valence-corrected chi connectivity index (χ0v) is 19.8. The van der Waals surface area contributed by atoms with Crippen molar-refractivity contribution in [1.29, 1.82) is 0 Å². The number of likely N-dealkylation sites (N-methyl/N-ethyl adjacent to an activating group) is 1. The van der Waals surface area contributed by atoms with Gasteiger partial charge < -0.3 is 18.9 Å². The molecule has 176 valence electrons. The van der Waals surface area contributed by atoms with E-state index in [1.165, 1.54) is 9.91 Å². The van der Waals surface area contributed by atoms with Crippen molar-refractivity contribution in [2.75, 3.05) is 27.8 Å². The number of carbonyl (C=O) groups excluding carboxylic acids is 2. The van der Waals surface area contributed by atoms with E-state index in [0.717, 1.165) is 17.0 Å². The molecule has 3 aromatic rings. The summed E-state index contributed by atoms with van der Waals surface area (Å²) in [6, 6.07) is 18.0. The molecule has 1 aliphatic rings. The third kappa shape index (κ3) is 4.52. The fourth-order valence-electron chi connectivity index (χ4n) is 4.14. The Balaban J connectivity index is 1.59. The van der Waals surface area contributed by atoms with Gasteiger partial charge >= 0.3 is 0 Å². The molecule has 1 aliphatic heterocycles. The molecule has 8 heteroatoms. The Morgan fingerprint density at radius 3 is 2.41 bits per heavy atom. The molecule has 4 rings (SSSR count). The van der Waals surface area contributed by atoms with E-state index in [2.05, 4.69) is 0 Å². The fraction of sp³-hybridized carbons (Fsp3) is 0.269. The molecule has 0 N–H and O–H groups in total. The molecule has 0 bridgehead atoms. The van der Waals surface area contributed by atoms with Gasteiger partial charge in [-0.15, -0.1) is 0 Å². The molecule has 0 fully saturated rings. The minimum absolute atomic E-state index is 0.111. The van der Waals surface area contributed by atoms with Gasteiger partial charge in [-0.25, -0.2) is 5.01 Å². The zero-order chi connectivity index (χ0) is 24.2. The number of carbonyl (C=O) groups is 2. The van der Waals surface area contributed by atoms with Gasteiger partial charge in [-0.2, -0.15) is 5.10 Å². The molecule has 2 aromatic carbocycles.